The van der Waals surface area contributed by atoms with Crippen LogP contribution >= 0.6 is 0 Å². The first-order valence-electron chi connectivity index (χ1n) is 5.63. The van der Waals surface area contributed by atoms with Gasteiger partial charge in [0.25, 0.3) is 6.43 Å². The Morgan fingerprint density at radius 1 is 1.33 bits per heavy atom. The molecule has 0 radical (unpaired) electrons. The Morgan fingerprint density at radius 2 is 1.87 bits per heavy atom. The van der Waals surface area contributed by atoms with E-state index in [-0.39, 0.29) is 5.41 Å². The maximum atomic E-state index is 12.3. The lowest BCUT2D eigenvalue weighted by Gasteiger charge is -2.38. The van der Waals surface area contributed by atoms with Gasteiger partial charge in [-0.3, -0.25) is 0 Å². The molecule has 0 spiro atoms. The van der Waals surface area contributed by atoms with E-state index >= 15 is 0 Å². The van der Waals surface area contributed by atoms with Gasteiger partial charge in [-0.25, -0.2) is 8.78 Å². The fourth-order valence-corrected chi connectivity index (χ4v) is 1.83. The normalized spacial score (nSPS) is 24.4. The molecule has 1 N–H and O–H groups in total. The van der Waals surface area contributed by atoms with Crippen molar-refractivity contribution in [1.82, 2.24) is 10.2 Å². The fourth-order valence-electron chi connectivity index (χ4n) is 1.83. The number of likely N-dealkylation sites (tertiary alicyclic amines) is 1. The third-order valence-corrected chi connectivity index (χ3v) is 3.42. The summed E-state index contributed by atoms with van der Waals surface area (Å²) < 4.78 is 24.6. The SMILES string of the molecule is CC(NCC1(C)CCN(C)CC1)C(F)F. The van der Waals surface area contributed by atoms with Gasteiger partial charge in [0.2, 0.25) is 0 Å². The molecule has 1 unspecified atom stereocenters. The van der Waals surface area contributed by atoms with Crippen molar-refractivity contribution in [2.75, 3.05) is 26.7 Å². The van der Waals surface area contributed by atoms with Gasteiger partial charge in [0.05, 0.1) is 6.04 Å². The topological polar surface area (TPSA) is 15.3 Å². The zero-order chi connectivity index (χ0) is 11.5. The molecule has 0 aromatic rings. The van der Waals surface area contributed by atoms with Crippen molar-refractivity contribution in [3.63, 3.8) is 0 Å². The fraction of sp³-hybridized carbons (Fsp3) is 1.00. The molecule has 0 aromatic carbocycles. The number of hydrogen-bond acceptors (Lipinski definition) is 2. The molecule has 2 nitrogen and oxygen atoms in total. The molecule has 4 heteroatoms. The van der Waals surface area contributed by atoms with E-state index < -0.39 is 12.5 Å². The molecule has 0 aliphatic carbocycles. The summed E-state index contributed by atoms with van der Waals surface area (Å²) in [6.45, 7) is 6.57. The summed E-state index contributed by atoms with van der Waals surface area (Å²) in [6, 6.07) is -0.693. The van der Waals surface area contributed by atoms with Gasteiger partial charge in [-0.15, -0.1) is 0 Å². The molecule has 1 fully saturated rings. The molecule has 0 bridgehead atoms. The number of nitrogens with zero attached hydrogens (tertiary/aromatic N) is 1. The number of piperidine rings is 1. The van der Waals surface area contributed by atoms with Crippen molar-refractivity contribution in [3.8, 4) is 0 Å². The Labute approximate surface area is 91.0 Å². The lowest BCUT2D eigenvalue weighted by atomic mass is 9.80. The smallest absolute Gasteiger partial charge is 0.253 e. The van der Waals surface area contributed by atoms with E-state index in [0.717, 1.165) is 25.9 Å². The van der Waals surface area contributed by atoms with Crippen LogP contribution in [-0.2, 0) is 0 Å². The van der Waals surface area contributed by atoms with E-state index in [1.54, 1.807) is 6.92 Å². The van der Waals surface area contributed by atoms with Crippen LogP contribution < -0.4 is 5.32 Å². The van der Waals surface area contributed by atoms with Gasteiger partial charge in [-0.05, 0) is 45.3 Å². The second kappa shape index (κ2) is 5.21. The highest BCUT2D eigenvalue weighted by Crippen LogP contribution is 2.29. The molecular weight excluding hydrogens is 198 g/mol. The Balaban J connectivity index is 2.31. The Bertz CT molecular complexity index is 189. The summed E-state index contributed by atoms with van der Waals surface area (Å²) in [6.07, 6.45) is -0.0845. The molecule has 1 aliphatic rings. The minimum atomic E-state index is -2.26. The minimum Gasteiger partial charge on any atom is -0.309 e. The summed E-state index contributed by atoms with van der Waals surface area (Å²) >= 11 is 0. The summed E-state index contributed by atoms with van der Waals surface area (Å²) in [5.74, 6) is 0. The van der Waals surface area contributed by atoms with Gasteiger partial charge in [0.15, 0.2) is 0 Å². The standard InChI is InChI=1S/C11H22F2N2/c1-9(10(12)13)14-8-11(2)4-6-15(3)7-5-11/h9-10,14H,4-8H2,1-3H3. The van der Waals surface area contributed by atoms with Crippen LogP contribution in [0.4, 0.5) is 8.78 Å². The second-order valence-electron chi connectivity index (χ2n) is 5.12. The van der Waals surface area contributed by atoms with Gasteiger partial charge in [0.1, 0.15) is 0 Å². The van der Waals surface area contributed by atoms with Gasteiger partial charge in [0, 0.05) is 6.54 Å². The zero-order valence-corrected chi connectivity index (χ0v) is 9.89. The number of nitrogens with one attached hydrogen (secondary N) is 1. The monoisotopic (exact) mass is 220 g/mol. The number of halogens is 2. The Hall–Kier alpha value is -0.220. The summed E-state index contributed by atoms with van der Waals surface area (Å²) in [7, 11) is 2.11. The van der Waals surface area contributed by atoms with E-state index in [9.17, 15) is 8.78 Å². The van der Waals surface area contributed by atoms with E-state index in [2.05, 4.69) is 24.2 Å². The van der Waals surface area contributed by atoms with Gasteiger partial charge < -0.3 is 10.2 Å². The third kappa shape index (κ3) is 4.03. The Kier molecular flexibility index (Phi) is 4.46. The molecule has 1 heterocycles. The number of hydrogen-bond donors (Lipinski definition) is 1. The molecule has 1 rings (SSSR count). The highest BCUT2D eigenvalue weighted by molar-refractivity contribution is 4.84. The Morgan fingerprint density at radius 3 is 2.33 bits per heavy atom. The molecular formula is C11H22F2N2. The van der Waals surface area contributed by atoms with Crippen LogP contribution in [0.1, 0.15) is 26.7 Å². The second-order valence-corrected chi connectivity index (χ2v) is 5.12. The maximum absolute atomic E-state index is 12.3. The highest BCUT2D eigenvalue weighted by atomic mass is 19.3. The minimum absolute atomic E-state index is 0.190. The summed E-state index contributed by atoms with van der Waals surface area (Å²) in [4.78, 5) is 2.29. The number of rotatable bonds is 4. The van der Waals surface area contributed by atoms with E-state index in [4.69, 9.17) is 0 Å². The van der Waals surface area contributed by atoms with Crippen molar-refractivity contribution in [3.05, 3.63) is 0 Å². The van der Waals surface area contributed by atoms with E-state index in [1.165, 1.54) is 0 Å². The number of alkyl halides is 2. The van der Waals surface area contributed by atoms with Crippen molar-refractivity contribution in [1.29, 1.82) is 0 Å². The third-order valence-electron chi connectivity index (χ3n) is 3.42. The molecule has 0 amide bonds. The van der Waals surface area contributed by atoms with Gasteiger partial charge in [-0.2, -0.15) is 0 Å². The molecule has 15 heavy (non-hydrogen) atoms. The van der Waals surface area contributed by atoms with Crippen LogP contribution in [0.3, 0.4) is 0 Å². The summed E-state index contributed by atoms with van der Waals surface area (Å²) in [5.41, 5.74) is 0.190. The molecule has 90 valence electrons. The zero-order valence-electron chi connectivity index (χ0n) is 9.89. The van der Waals surface area contributed by atoms with Crippen molar-refractivity contribution in [2.45, 2.75) is 39.2 Å². The van der Waals surface area contributed by atoms with Gasteiger partial charge >= 0.3 is 0 Å². The van der Waals surface area contributed by atoms with Crippen LogP contribution in [0.15, 0.2) is 0 Å². The van der Waals surface area contributed by atoms with Crippen LogP contribution in [0.25, 0.3) is 0 Å². The van der Waals surface area contributed by atoms with Crippen molar-refractivity contribution in [2.24, 2.45) is 5.41 Å². The first-order valence-corrected chi connectivity index (χ1v) is 5.63. The van der Waals surface area contributed by atoms with Crippen LogP contribution in [0.5, 0.6) is 0 Å². The molecule has 0 saturated carbocycles. The predicted molar refractivity (Wildman–Crippen MR) is 58.3 cm³/mol. The predicted octanol–water partition coefficient (Wildman–Crippen LogP) is 1.96. The lowest BCUT2D eigenvalue weighted by molar-refractivity contribution is 0.0853. The lowest BCUT2D eigenvalue weighted by Crippen LogP contribution is -2.45. The average Bonchev–Trinajstić information content (AvgIpc) is 2.19. The first kappa shape index (κ1) is 12.8. The summed E-state index contributed by atoms with van der Waals surface area (Å²) in [5, 5.41) is 2.94. The van der Waals surface area contributed by atoms with Crippen molar-refractivity contribution >= 4 is 0 Å². The molecule has 1 aliphatic heterocycles. The quantitative estimate of drug-likeness (QED) is 0.779. The first-order chi connectivity index (χ1) is 6.93. The average molecular weight is 220 g/mol. The van der Waals surface area contributed by atoms with Crippen LogP contribution in [-0.4, -0.2) is 44.0 Å². The van der Waals surface area contributed by atoms with Crippen LogP contribution in [0, 0.1) is 5.41 Å². The molecule has 1 saturated heterocycles. The largest absolute Gasteiger partial charge is 0.309 e. The van der Waals surface area contributed by atoms with Crippen LogP contribution in [0.2, 0.25) is 0 Å². The van der Waals surface area contributed by atoms with E-state index in [0.29, 0.717) is 6.54 Å². The van der Waals surface area contributed by atoms with Crippen molar-refractivity contribution < 1.29 is 8.78 Å². The van der Waals surface area contributed by atoms with E-state index in [1.807, 2.05) is 0 Å². The molecule has 0 aromatic heterocycles. The maximum Gasteiger partial charge on any atom is 0.253 e. The van der Waals surface area contributed by atoms with Gasteiger partial charge in [-0.1, -0.05) is 6.92 Å². The molecule has 1 atom stereocenters. The highest BCUT2D eigenvalue weighted by Gasteiger charge is 2.29.